The Labute approximate surface area is 235 Å². The number of phenolic OH excluding ortho intramolecular Hbond substituents is 1. The molecule has 0 radical (unpaired) electrons. The molecule has 2 heterocycles. The molecule has 2 aliphatic carbocycles. The predicted molar refractivity (Wildman–Crippen MR) is 127 cm³/mol. The molecule has 2 bridgehead atoms. The zero-order valence-corrected chi connectivity index (χ0v) is 22.1. The molecule has 7 atom stereocenters. The third kappa shape index (κ3) is 4.31. The van der Waals surface area contributed by atoms with E-state index in [1.54, 1.807) is 6.07 Å². The van der Waals surface area contributed by atoms with Crippen molar-refractivity contribution in [2.24, 2.45) is 0 Å². The van der Waals surface area contributed by atoms with Crippen LogP contribution in [0, 0.1) is 0 Å². The number of likely N-dealkylation sites (N-methyl/N-ethyl adjacent to an activating group) is 1. The van der Waals surface area contributed by atoms with Crippen molar-refractivity contribution >= 4 is 23.9 Å². The molecule has 1 saturated heterocycles. The van der Waals surface area contributed by atoms with Crippen LogP contribution in [0.5, 0.6) is 11.5 Å². The SMILES string of the molecule is C[C@H](OC(=O)[C@H](O)[C@@H](O)C(=O)OC1=CC[C@@]2(O)[C@H]3Cc4ccc(O)c5c4[C@@]2(CCN3C)[C@H]1O5)C(=O)OC(=O)C(F)(F)F. The largest absolute Gasteiger partial charge is 0.504 e. The van der Waals surface area contributed by atoms with Gasteiger partial charge >= 0.3 is 30.1 Å². The normalized spacial score (nSPS) is 29.7. The molecule has 13 nitrogen and oxygen atoms in total. The number of piperidine rings is 1. The summed E-state index contributed by atoms with van der Waals surface area (Å²) in [5.74, 6) is -8.37. The standard InChI is InChI=1S/C26H26F3NO12/c1-10(20(34)42-23(37)26(27,28)29)39-21(35)16(32)17(33)22(36)40-13-5-6-25(38)14-9-11-3-4-12(31)18-15(11)24(25,19(13)41-18)7-8-30(14)2/h3-5,10,14,16-17,19,31-33,38H,6-9H2,1-2H3/t10-,14+,16+,17+,19-,24-,25+/m0/s1. The topological polar surface area (TPSA) is 189 Å². The Kier molecular flexibility index (Phi) is 7.03. The third-order valence-corrected chi connectivity index (χ3v) is 8.40. The summed E-state index contributed by atoms with van der Waals surface area (Å²) in [4.78, 5) is 49.4. The number of esters is 4. The molecule has 16 heteroatoms. The number of aliphatic hydroxyl groups is 3. The molecule has 1 spiro atoms. The zero-order chi connectivity index (χ0) is 30.9. The number of hydrogen-bond acceptors (Lipinski definition) is 13. The number of carbonyl (C=O) groups is 4. The van der Waals surface area contributed by atoms with Crippen molar-refractivity contribution in [3.05, 3.63) is 35.1 Å². The first kappa shape index (κ1) is 29.8. The summed E-state index contributed by atoms with van der Waals surface area (Å²) in [7, 11) is 1.87. The molecule has 5 rings (SSSR count). The smallest absolute Gasteiger partial charge is 0.491 e. The van der Waals surface area contributed by atoms with Crippen LogP contribution in [0.3, 0.4) is 0 Å². The van der Waals surface area contributed by atoms with Crippen molar-refractivity contribution in [2.45, 2.75) is 73.8 Å². The van der Waals surface area contributed by atoms with Gasteiger partial charge in [0.2, 0.25) is 0 Å². The number of ether oxygens (including phenoxy) is 4. The molecule has 0 aromatic heterocycles. The molecule has 4 N–H and O–H groups in total. The molecule has 4 aliphatic rings. The Hall–Kier alpha value is -3.73. The van der Waals surface area contributed by atoms with Gasteiger partial charge in [-0.1, -0.05) is 6.07 Å². The van der Waals surface area contributed by atoms with Crippen molar-refractivity contribution in [2.75, 3.05) is 13.6 Å². The second-order valence-electron chi connectivity index (χ2n) is 10.7. The first-order valence-electron chi connectivity index (χ1n) is 12.8. The zero-order valence-electron chi connectivity index (χ0n) is 22.1. The lowest BCUT2D eigenvalue weighted by Crippen LogP contribution is -2.74. The van der Waals surface area contributed by atoms with Crippen molar-refractivity contribution in [3.8, 4) is 11.5 Å². The summed E-state index contributed by atoms with van der Waals surface area (Å²) in [5.41, 5.74) is -1.09. The van der Waals surface area contributed by atoms with Gasteiger partial charge in [-0.05, 0) is 51.1 Å². The quantitative estimate of drug-likeness (QED) is 0.186. The van der Waals surface area contributed by atoms with E-state index in [0.717, 1.165) is 12.5 Å². The van der Waals surface area contributed by atoms with Crippen LogP contribution in [0.1, 0.15) is 30.9 Å². The summed E-state index contributed by atoms with van der Waals surface area (Å²) in [5, 5.41) is 43.1. The fourth-order valence-corrected chi connectivity index (χ4v) is 6.40. The van der Waals surface area contributed by atoms with Crippen LogP contribution in [0.25, 0.3) is 0 Å². The second-order valence-corrected chi connectivity index (χ2v) is 10.7. The molecule has 42 heavy (non-hydrogen) atoms. The summed E-state index contributed by atoms with van der Waals surface area (Å²) >= 11 is 0. The molecule has 0 amide bonds. The summed E-state index contributed by atoms with van der Waals surface area (Å²) in [6, 6.07) is 2.86. The van der Waals surface area contributed by atoms with Crippen LogP contribution < -0.4 is 4.74 Å². The van der Waals surface area contributed by atoms with E-state index >= 15 is 0 Å². The van der Waals surface area contributed by atoms with Crippen molar-refractivity contribution in [1.82, 2.24) is 4.90 Å². The third-order valence-electron chi connectivity index (χ3n) is 8.40. The van der Waals surface area contributed by atoms with E-state index in [1.807, 2.05) is 11.9 Å². The Morgan fingerprint density at radius 1 is 1.12 bits per heavy atom. The maximum absolute atomic E-state index is 12.8. The number of aliphatic hydroxyl groups excluding tert-OH is 2. The van der Waals surface area contributed by atoms with E-state index < -0.39 is 65.5 Å². The molecule has 2 aliphatic heterocycles. The monoisotopic (exact) mass is 601 g/mol. The molecular formula is C26H26F3NO12. The Morgan fingerprint density at radius 2 is 1.79 bits per heavy atom. The summed E-state index contributed by atoms with van der Waals surface area (Å²) in [6.07, 6.45) is -11.8. The predicted octanol–water partition coefficient (Wildman–Crippen LogP) is -0.501. The van der Waals surface area contributed by atoms with Crippen LogP contribution in [-0.4, -0.2) is 105 Å². The molecule has 1 aromatic rings. The van der Waals surface area contributed by atoms with E-state index in [2.05, 4.69) is 9.47 Å². The lowest BCUT2D eigenvalue weighted by molar-refractivity contribution is -0.206. The van der Waals surface area contributed by atoms with Crippen LogP contribution in [-0.2, 0) is 45.2 Å². The number of phenols is 1. The maximum atomic E-state index is 12.8. The van der Waals surface area contributed by atoms with Crippen LogP contribution in [0.2, 0.25) is 0 Å². The number of likely N-dealkylation sites (tertiary alicyclic amines) is 1. The van der Waals surface area contributed by atoms with E-state index in [1.165, 1.54) is 12.1 Å². The van der Waals surface area contributed by atoms with Gasteiger partial charge in [0, 0.05) is 18.0 Å². The number of alkyl halides is 3. The van der Waals surface area contributed by atoms with Gasteiger partial charge in [-0.2, -0.15) is 13.2 Å². The van der Waals surface area contributed by atoms with E-state index in [0.29, 0.717) is 24.9 Å². The van der Waals surface area contributed by atoms with Gasteiger partial charge in [0.15, 0.2) is 35.9 Å². The number of hydrogen-bond donors (Lipinski definition) is 4. The number of rotatable bonds is 6. The number of halogens is 3. The summed E-state index contributed by atoms with van der Waals surface area (Å²) < 4.78 is 56.2. The van der Waals surface area contributed by atoms with E-state index in [-0.39, 0.29) is 29.7 Å². The van der Waals surface area contributed by atoms with Crippen LogP contribution in [0.15, 0.2) is 24.0 Å². The van der Waals surface area contributed by atoms with Crippen molar-refractivity contribution in [3.63, 3.8) is 0 Å². The second kappa shape index (κ2) is 9.93. The fourth-order valence-electron chi connectivity index (χ4n) is 6.40. The maximum Gasteiger partial charge on any atom is 0.491 e. The highest BCUT2D eigenvalue weighted by molar-refractivity contribution is 5.92. The van der Waals surface area contributed by atoms with Gasteiger partial charge in [0.05, 0.1) is 11.0 Å². The highest BCUT2D eigenvalue weighted by atomic mass is 19.4. The minimum atomic E-state index is -5.50. The molecule has 0 saturated carbocycles. The Morgan fingerprint density at radius 3 is 2.45 bits per heavy atom. The molecular weight excluding hydrogens is 575 g/mol. The number of carbonyl (C=O) groups excluding carboxylic acids is 4. The lowest BCUT2D eigenvalue weighted by atomic mass is 9.50. The van der Waals surface area contributed by atoms with E-state index in [4.69, 9.17) is 9.47 Å². The highest BCUT2D eigenvalue weighted by Gasteiger charge is 2.72. The minimum Gasteiger partial charge on any atom is -0.504 e. The van der Waals surface area contributed by atoms with Gasteiger partial charge in [-0.3, -0.25) is 0 Å². The van der Waals surface area contributed by atoms with Gasteiger partial charge < -0.3 is 44.3 Å². The van der Waals surface area contributed by atoms with Gasteiger partial charge in [0.1, 0.15) is 5.76 Å². The number of benzene rings is 1. The average molecular weight is 601 g/mol. The molecule has 1 fully saturated rings. The van der Waals surface area contributed by atoms with E-state index in [9.17, 15) is 52.8 Å². The average Bonchev–Trinajstić information content (AvgIpc) is 3.28. The Balaban J connectivity index is 1.32. The van der Waals surface area contributed by atoms with Crippen LogP contribution >= 0.6 is 0 Å². The highest BCUT2D eigenvalue weighted by Crippen LogP contribution is 2.65. The molecule has 228 valence electrons. The molecule has 1 aromatic carbocycles. The van der Waals surface area contributed by atoms with Gasteiger partial charge in [-0.25, -0.2) is 19.2 Å². The van der Waals surface area contributed by atoms with Crippen molar-refractivity contribution in [1.29, 1.82) is 0 Å². The first-order chi connectivity index (χ1) is 19.5. The fraction of sp³-hybridized carbons (Fsp3) is 0.538. The first-order valence-corrected chi connectivity index (χ1v) is 12.8. The molecule has 0 unspecified atom stereocenters. The number of aromatic hydroxyl groups is 1. The van der Waals surface area contributed by atoms with Gasteiger partial charge in [0.25, 0.3) is 0 Å². The van der Waals surface area contributed by atoms with Crippen molar-refractivity contribution < 1.29 is 71.7 Å². The minimum absolute atomic E-state index is 0.00399. The number of nitrogens with zero attached hydrogens (tertiary/aromatic N) is 1. The van der Waals surface area contributed by atoms with Crippen LogP contribution in [0.4, 0.5) is 13.2 Å². The lowest BCUT2D eigenvalue weighted by Gasteiger charge is -2.61. The summed E-state index contributed by atoms with van der Waals surface area (Å²) in [6.45, 7) is 1.26. The van der Waals surface area contributed by atoms with Gasteiger partial charge in [-0.15, -0.1) is 0 Å². The Bertz CT molecular complexity index is 1390.